The Labute approximate surface area is 113 Å². The van der Waals surface area contributed by atoms with Gasteiger partial charge in [0, 0.05) is 21.9 Å². The molecule has 0 saturated carbocycles. The van der Waals surface area contributed by atoms with E-state index in [0.717, 1.165) is 17.4 Å². The van der Waals surface area contributed by atoms with Gasteiger partial charge in [0.25, 0.3) is 0 Å². The Hall–Kier alpha value is -0.410. The fourth-order valence-corrected chi connectivity index (χ4v) is 1.87. The maximum absolute atomic E-state index is 4.44. The van der Waals surface area contributed by atoms with Crippen LogP contribution in [-0.2, 0) is 6.42 Å². The Morgan fingerprint density at radius 2 is 2.06 bits per heavy atom. The molecule has 0 spiro atoms. The van der Waals surface area contributed by atoms with E-state index in [1.165, 1.54) is 12.1 Å². The van der Waals surface area contributed by atoms with Crippen molar-refractivity contribution >= 4 is 15.9 Å². The molecule has 0 bridgehead atoms. The van der Waals surface area contributed by atoms with Crippen LogP contribution in [0, 0.1) is 5.92 Å². The molecule has 1 aromatic rings. The molecule has 1 unspecified atom stereocenters. The molecule has 17 heavy (non-hydrogen) atoms. The van der Waals surface area contributed by atoms with Crippen LogP contribution in [0.4, 0.5) is 0 Å². The van der Waals surface area contributed by atoms with Crippen LogP contribution in [0.3, 0.4) is 0 Å². The number of aromatic nitrogens is 1. The number of pyridine rings is 1. The van der Waals surface area contributed by atoms with Gasteiger partial charge in [0.05, 0.1) is 0 Å². The summed E-state index contributed by atoms with van der Waals surface area (Å²) in [5, 5.41) is 3.57. The van der Waals surface area contributed by atoms with Gasteiger partial charge in [-0.2, -0.15) is 0 Å². The van der Waals surface area contributed by atoms with Crippen molar-refractivity contribution in [1.82, 2.24) is 10.3 Å². The van der Waals surface area contributed by atoms with Crippen LogP contribution in [0.15, 0.2) is 22.8 Å². The summed E-state index contributed by atoms with van der Waals surface area (Å²) >= 11 is 3.41. The predicted octanol–water partition coefficient (Wildman–Crippen LogP) is 3.80. The Balaban J connectivity index is 2.49. The van der Waals surface area contributed by atoms with Gasteiger partial charge in [-0.1, -0.05) is 13.3 Å². The molecule has 96 valence electrons. The van der Waals surface area contributed by atoms with Crippen molar-refractivity contribution in [1.29, 1.82) is 0 Å². The standard InChI is InChI=1S/C14H23BrN2/c1-5-11(9-17-14(2,3)4)8-13-7-6-12(15)10-16-13/h6-7,10-11,17H,5,8-9H2,1-4H3. The van der Waals surface area contributed by atoms with Crippen LogP contribution in [0.1, 0.15) is 39.8 Å². The van der Waals surface area contributed by atoms with Crippen LogP contribution >= 0.6 is 15.9 Å². The van der Waals surface area contributed by atoms with Crippen molar-refractivity contribution in [3.8, 4) is 0 Å². The molecular formula is C14H23BrN2. The van der Waals surface area contributed by atoms with E-state index in [1.54, 1.807) is 0 Å². The Bertz CT molecular complexity index is 327. The highest BCUT2D eigenvalue weighted by atomic mass is 79.9. The van der Waals surface area contributed by atoms with Crippen LogP contribution in [0.25, 0.3) is 0 Å². The largest absolute Gasteiger partial charge is 0.312 e. The third-order valence-electron chi connectivity index (χ3n) is 2.78. The van der Waals surface area contributed by atoms with Crippen molar-refractivity contribution in [2.24, 2.45) is 5.92 Å². The maximum atomic E-state index is 4.44. The van der Waals surface area contributed by atoms with E-state index >= 15 is 0 Å². The second-order valence-corrected chi connectivity index (χ2v) is 6.49. The highest BCUT2D eigenvalue weighted by molar-refractivity contribution is 9.10. The molecule has 1 rings (SSSR count). The van der Waals surface area contributed by atoms with E-state index in [-0.39, 0.29) is 5.54 Å². The van der Waals surface area contributed by atoms with Crippen LogP contribution < -0.4 is 5.32 Å². The molecular weight excluding hydrogens is 276 g/mol. The number of nitrogens with zero attached hydrogens (tertiary/aromatic N) is 1. The number of halogens is 1. The van der Waals surface area contributed by atoms with Gasteiger partial charge < -0.3 is 5.32 Å². The minimum absolute atomic E-state index is 0.195. The first kappa shape index (κ1) is 14.7. The van der Waals surface area contributed by atoms with E-state index in [9.17, 15) is 0 Å². The van der Waals surface area contributed by atoms with Crippen LogP contribution in [0.5, 0.6) is 0 Å². The second kappa shape index (κ2) is 6.50. The van der Waals surface area contributed by atoms with Gasteiger partial charge in [-0.05, 0) is 67.7 Å². The minimum Gasteiger partial charge on any atom is -0.312 e. The Morgan fingerprint density at radius 3 is 2.53 bits per heavy atom. The highest BCUT2D eigenvalue weighted by Crippen LogP contribution is 2.13. The van der Waals surface area contributed by atoms with Gasteiger partial charge in [0.1, 0.15) is 0 Å². The van der Waals surface area contributed by atoms with Crippen molar-refractivity contribution in [3.63, 3.8) is 0 Å². The highest BCUT2D eigenvalue weighted by Gasteiger charge is 2.13. The molecule has 2 nitrogen and oxygen atoms in total. The monoisotopic (exact) mass is 298 g/mol. The molecule has 1 aromatic heterocycles. The summed E-state index contributed by atoms with van der Waals surface area (Å²) < 4.78 is 1.04. The van der Waals surface area contributed by atoms with E-state index < -0.39 is 0 Å². The van der Waals surface area contributed by atoms with Crippen molar-refractivity contribution in [3.05, 3.63) is 28.5 Å². The number of hydrogen-bond acceptors (Lipinski definition) is 2. The zero-order valence-corrected chi connectivity index (χ0v) is 12.8. The Kier molecular flexibility index (Phi) is 5.60. The number of rotatable bonds is 5. The zero-order valence-electron chi connectivity index (χ0n) is 11.3. The van der Waals surface area contributed by atoms with Crippen LogP contribution in [0.2, 0.25) is 0 Å². The lowest BCUT2D eigenvalue weighted by atomic mass is 9.98. The molecule has 3 heteroatoms. The third-order valence-corrected chi connectivity index (χ3v) is 3.25. The summed E-state index contributed by atoms with van der Waals surface area (Å²) in [6.45, 7) is 9.92. The quantitative estimate of drug-likeness (QED) is 0.894. The number of hydrogen-bond donors (Lipinski definition) is 1. The van der Waals surface area contributed by atoms with Gasteiger partial charge in [0.2, 0.25) is 0 Å². The predicted molar refractivity (Wildman–Crippen MR) is 77.2 cm³/mol. The molecule has 1 N–H and O–H groups in total. The van der Waals surface area contributed by atoms with Crippen LogP contribution in [-0.4, -0.2) is 17.1 Å². The Morgan fingerprint density at radius 1 is 1.35 bits per heavy atom. The van der Waals surface area contributed by atoms with Crippen molar-refractivity contribution in [2.75, 3.05) is 6.54 Å². The molecule has 0 aliphatic rings. The van der Waals surface area contributed by atoms with Gasteiger partial charge in [-0.3, -0.25) is 4.98 Å². The number of nitrogens with one attached hydrogen (secondary N) is 1. The summed E-state index contributed by atoms with van der Waals surface area (Å²) in [6, 6.07) is 4.16. The average molecular weight is 299 g/mol. The summed E-state index contributed by atoms with van der Waals surface area (Å²) in [5.41, 5.74) is 1.37. The molecule has 0 aliphatic heterocycles. The summed E-state index contributed by atoms with van der Waals surface area (Å²) in [7, 11) is 0. The molecule has 0 aromatic carbocycles. The van der Waals surface area contributed by atoms with E-state index in [4.69, 9.17) is 0 Å². The zero-order chi connectivity index (χ0) is 12.9. The molecule has 0 amide bonds. The first-order chi connectivity index (χ1) is 7.90. The fraction of sp³-hybridized carbons (Fsp3) is 0.643. The lowest BCUT2D eigenvalue weighted by Crippen LogP contribution is -2.39. The minimum atomic E-state index is 0.195. The summed E-state index contributed by atoms with van der Waals surface area (Å²) in [5.74, 6) is 0.655. The molecule has 0 radical (unpaired) electrons. The first-order valence-corrected chi connectivity index (χ1v) is 7.05. The molecule has 0 saturated heterocycles. The normalized spacial score (nSPS) is 13.7. The van der Waals surface area contributed by atoms with Gasteiger partial charge in [0.15, 0.2) is 0 Å². The van der Waals surface area contributed by atoms with E-state index in [2.05, 4.69) is 66.1 Å². The summed E-state index contributed by atoms with van der Waals surface area (Å²) in [6.07, 6.45) is 4.10. The molecule has 0 aliphatic carbocycles. The van der Waals surface area contributed by atoms with E-state index in [0.29, 0.717) is 5.92 Å². The molecule has 1 atom stereocenters. The first-order valence-electron chi connectivity index (χ1n) is 6.26. The lowest BCUT2D eigenvalue weighted by Gasteiger charge is -2.24. The van der Waals surface area contributed by atoms with Crippen molar-refractivity contribution in [2.45, 2.75) is 46.1 Å². The SMILES string of the molecule is CCC(CNC(C)(C)C)Cc1ccc(Br)cn1. The van der Waals surface area contributed by atoms with Gasteiger partial charge in [-0.15, -0.1) is 0 Å². The van der Waals surface area contributed by atoms with Gasteiger partial charge in [-0.25, -0.2) is 0 Å². The van der Waals surface area contributed by atoms with E-state index in [1.807, 2.05) is 6.20 Å². The maximum Gasteiger partial charge on any atom is 0.0413 e. The molecule has 1 heterocycles. The smallest absolute Gasteiger partial charge is 0.0413 e. The third kappa shape index (κ3) is 6.18. The average Bonchev–Trinajstić information content (AvgIpc) is 2.25. The van der Waals surface area contributed by atoms with Crippen molar-refractivity contribution < 1.29 is 0 Å². The second-order valence-electron chi connectivity index (χ2n) is 5.58. The summed E-state index contributed by atoms with van der Waals surface area (Å²) in [4.78, 5) is 4.44. The lowest BCUT2D eigenvalue weighted by molar-refractivity contribution is 0.361. The molecule has 0 fully saturated rings. The van der Waals surface area contributed by atoms with Gasteiger partial charge >= 0.3 is 0 Å². The topological polar surface area (TPSA) is 24.9 Å². The fourth-order valence-electron chi connectivity index (χ4n) is 1.63.